The van der Waals surface area contributed by atoms with Gasteiger partial charge in [0.2, 0.25) is 0 Å². The Hall–Kier alpha value is -0.730. The van der Waals surface area contributed by atoms with E-state index in [1.165, 1.54) is 24.8 Å². The van der Waals surface area contributed by atoms with Gasteiger partial charge in [0.25, 0.3) is 0 Å². The van der Waals surface area contributed by atoms with Crippen molar-refractivity contribution in [1.82, 2.24) is 5.32 Å². The molecule has 19 heavy (non-hydrogen) atoms. The third-order valence-electron chi connectivity index (χ3n) is 3.86. The van der Waals surface area contributed by atoms with E-state index in [0.717, 1.165) is 36.3 Å². The fourth-order valence-corrected chi connectivity index (χ4v) is 2.49. The summed E-state index contributed by atoms with van der Waals surface area (Å²) in [5.41, 5.74) is 1.22. The molecule has 0 bridgehead atoms. The first-order valence-electron chi connectivity index (χ1n) is 7.36. The maximum atomic E-state index is 6.30. The molecule has 1 N–H and O–H groups in total. The van der Waals surface area contributed by atoms with Crippen LogP contribution in [0.4, 0.5) is 0 Å². The summed E-state index contributed by atoms with van der Waals surface area (Å²) in [6.07, 6.45) is 5.09. The van der Waals surface area contributed by atoms with Crippen molar-refractivity contribution in [2.24, 2.45) is 5.92 Å². The lowest BCUT2D eigenvalue weighted by Crippen LogP contribution is -2.20. The predicted octanol–water partition coefficient (Wildman–Crippen LogP) is 4.58. The van der Waals surface area contributed by atoms with E-state index < -0.39 is 0 Å². The summed E-state index contributed by atoms with van der Waals surface area (Å²) in [5.74, 6) is 1.56. The van der Waals surface area contributed by atoms with E-state index in [0.29, 0.717) is 6.04 Å². The van der Waals surface area contributed by atoms with E-state index in [4.69, 9.17) is 16.3 Å². The molecule has 2 nitrogen and oxygen atoms in total. The van der Waals surface area contributed by atoms with Crippen LogP contribution in [0, 0.1) is 5.92 Å². The normalized spacial score (nSPS) is 17.0. The molecular weight excluding hydrogens is 258 g/mol. The van der Waals surface area contributed by atoms with Crippen molar-refractivity contribution < 1.29 is 4.74 Å². The highest BCUT2D eigenvalue weighted by molar-refractivity contribution is 6.32. The van der Waals surface area contributed by atoms with Crippen LogP contribution in [0.25, 0.3) is 0 Å². The van der Waals surface area contributed by atoms with Gasteiger partial charge in [-0.3, -0.25) is 0 Å². The van der Waals surface area contributed by atoms with Crippen molar-refractivity contribution in [2.75, 3.05) is 13.2 Å². The van der Waals surface area contributed by atoms with Crippen LogP contribution in [0.2, 0.25) is 5.02 Å². The molecule has 1 saturated carbocycles. The summed E-state index contributed by atoms with van der Waals surface area (Å²) in [6.45, 7) is 6.17. The van der Waals surface area contributed by atoms with Crippen LogP contribution in [0.3, 0.4) is 0 Å². The van der Waals surface area contributed by atoms with Gasteiger partial charge < -0.3 is 10.1 Å². The van der Waals surface area contributed by atoms with Gasteiger partial charge in [-0.2, -0.15) is 0 Å². The fraction of sp³-hybridized carbons (Fsp3) is 0.625. The SMILES string of the molecule is CCCNC(C)c1ccc(OCC2CCC2)c(Cl)c1. The highest BCUT2D eigenvalue weighted by atomic mass is 35.5. The second-order valence-corrected chi connectivity index (χ2v) is 5.88. The molecule has 0 heterocycles. The van der Waals surface area contributed by atoms with Gasteiger partial charge in [0.15, 0.2) is 0 Å². The number of rotatable bonds is 7. The molecule has 0 radical (unpaired) electrons. The Labute approximate surface area is 121 Å². The zero-order valence-electron chi connectivity index (χ0n) is 11.9. The lowest BCUT2D eigenvalue weighted by molar-refractivity contribution is 0.180. The van der Waals surface area contributed by atoms with Crippen LogP contribution in [-0.4, -0.2) is 13.2 Å². The van der Waals surface area contributed by atoms with Crippen LogP contribution < -0.4 is 10.1 Å². The lowest BCUT2D eigenvalue weighted by atomic mass is 9.86. The molecule has 0 saturated heterocycles. The summed E-state index contributed by atoms with van der Waals surface area (Å²) < 4.78 is 5.80. The summed E-state index contributed by atoms with van der Waals surface area (Å²) >= 11 is 6.30. The summed E-state index contributed by atoms with van der Waals surface area (Å²) in [4.78, 5) is 0. The molecule has 1 aliphatic rings. The smallest absolute Gasteiger partial charge is 0.137 e. The van der Waals surface area contributed by atoms with E-state index in [1.54, 1.807) is 0 Å². The number of ether oxygens (including phenoxy) is 1. The zero-order valence-corrected chi connectivity index (χ0v) is 12.7. The third kappa shape index (κ3) is 4.12. The molecule has 1 aromatic carbocycles. The minimum atomic E-state index is 0.332. The fourth-order valence-electron chi connectivity index (χ4n) is 2.25. The Morgan fingerprint density at radius 3 is 2.79 bits per heavy atom. The molecule has 2 rings (SSSR count). The van der Waals surface area contributed by atoms with Gasteiger partial charge in [-0.05, 0) is 56.3 Å². The summed E-state index contributed by atoms with van der Waals surface area (Å²) in [7, 11) is 0. The zero-order chi connectivity index (χ0) is 13.7. The topological polar surface area (TPSA) is 21.3 Å². The molecule has 1 aromatic rings. The molecule has 1 aliphatic carbocycles. The Morgan fingerprint density at radius 2 is 2.21 bits per heavy atom. The quantitative estimate of drug-likeness (QED) is 0.790. The van der Waals surface area contributed by atoms with Crippen molar-refractivity contribution in [3.8, 4) is 5.75 Å². The molecule has 106 valence electrons. The Balaban J connectivity index is 1.91. The highest BCUT2D eigenvalue weighted by Gasteiger charge is 2.18. The van der Waals surface area contributed by atoms with E-state index in [-0.39, 0.29) is 0 Å². The second-order valence-electron chi connectivity index (χ2n) is 5.47. The highest BCUT2D eigenvalue weighted by Crippen LogP contribution is 2.31. The molecule has 0 aromatic heterocycles. The van der Waals surface area contributed by atoms with Crippen molar-refractivity contribution in [3.05, 3.63) is 28.8 Å². The van der Waals surface area contributed by atoms with E-state index in [9.17, 15) is 0 Å². The standard InChI is InChI=1S/C16H24ClNO/c1-3-9-18-12(2)14-7-8-16(15(17)10-14)19-11-13-5-4-6-13/h7-8,10,12-13,18H,3-6,9,11H2,1-2H3. The van der Waals surface area contributed by atoms with Crippen LogP contribution in [0.5, 0.6) is 5.75 Å². The number of hydrogen-bond donors (Lipinski definition) is 1. The van der Waals surface area contributed by atoms with Crippen molar-refractivity contribution in [3.63, 3.8) is 0 Å². The van der Waals surface area contributed by atoms with Gasteiger partial charge in [-0.1, -0.05) is 31.0 Å². The summed E-state index contributed by atoms with van der Waals surface area (Å²) in [5, 5.41) is 4.19. The number of halogens is 1. The van der Waals surface area contributed by atoms with Gasteiger partial charge in [-0.15, -0.1) is 0 Å². The van der Waals surface area contributed by atoms with Gasteiger partial charge >= 0.3 is 0 Å². The number of hydrogen-bond acceptors (Lipinski definition) is 2. The van der Waals surface area contributed by atoms with Crippen LogP contribution in [0.1, 0.15) is 51.1 Å². The van der Waals surface area contributed by atoms with Gasteiger partial charge in [0, 0.05) is 6.04 Å². The molecule has 0 aliphatic heterocycles. The third-order valence-corrected chi connectivity index (χ3v) is 4.15. The first-order valence-corrected chi connectivity index (χ1v) is 7.74. The Morgan fingerprint density at radius 1 is 1.42 bits per heavy atom. The van der Waals surface area contributed by atoms with Gasteiger partial charge in [0.1, 0.15) is 5.75 Å². The minimum Gasteiger partial charge on any atom is -0.492 e. The monoisotopic (exact) mass is 281 g/mol. The molecule has 0 amide bonds. The Bertz CT molecular complexity index is 404. The van der Waals surface area contributed by atoms with Crippen LogP contribution >= 0.6 is 11.6 Å². The molecule has 1 atom stereocenters. The van der Waals surface area contributed by atoms with E-state index >= 15 is 0 Å². The maximum Gasteiger partial charge on any atom is 0.137 e. The lowest BCUT2D eigenvalue weighted by Gasteiger charge is -2.25. The molecule has 1 fully saturated rings. The predicted molar refractivity (Wildman–Crippen MR) is 81.0 cm³/mol. The van der Waals surface area contributed by atoms with Crippen LogP contribution in [0.15, 0.2) is 18.2 Å². The Kier molecular flexibility index (Phi) is 5.53. The van der Waals surface area contributed by atoms with Crippen LogP contribution in [-0.2, 0) is 0 Å². The van der Waals surface area contributed by atoms with Gasteiger partial charge in [-0.25, -0.2) is 0 Å². The first-order chi connectivity index (χ1) is 9.20. The molecule has 1 unspecified atom stereocenters. The van der Waals surface area contributed by atoms with E-state index in [2.05, 4.69) is 25.2 Å². The van der Waals surface area contributed by atoms with Gasteiger partial charge in [0.05, 0.1) is 11.6 Å². The maximum absolute atomic E-state index is 6.30. The average Bonchev–Trinajstić information content (AvgIpc) is 2.35. The number of benzene rings is 1. The van der Waals surface area contributed by atoms with E-state index in [1.807, 2.05) is 12.1 Å². The average molecular weight is 282 g/mol. The number of nitrogens with one attached hydrogen (secondary N) is 1. The molecule has 0 spiro atoms. The molecule has 3 heteroatoms. The van der Waals surface area contributed by atoms with Crippen molar-refractivity contribution >= 4 is 11.6 Å². The molecular formula is C16H24ClNO. The minimum absolute atomic E-state index is 0.332. The summed E-state index contributed by atoms with van der Waals surface area (Å²) in [6, 6.07) is 6.46. The second kappa shape index (κ2) is 7.16. The van der Waals surface area contributed by atoms with Crippen molar-refractivity contribution in [2.45, 2.75) is 45.6 Å². The van der Waals surface area contributed by atoms with Crippen molar-refractivity contribution in [1.29, 1.82) is 0 Å². The first kappa shape index (κ1) is 14.7. The largest absolute Gasteiger partial charge is 0.492 e.